The number of nitro groups is 1. The number of nitro benzene ring substituents is 1. The zero-order chi connectivity index (χ0) is 35.4. The highest BCUT2D eigenvalue weighted by atomic mass is 16.6. The molecular weight excluding hydrogens is 636 g/mol. The Labute approximate surface area is 289 Å². The van der Waals surface area contributed by atoms with Gasteiger partial charge < -0.3 is 20.0 Å². The first-order chi connectivity index (χ1) is 24.1. The number of hydrogen-bond acceptors (Lipinski definition) is 7. The first-order valence-electron chi connectivity index (χ1n) is 16.5. The number of fused-ring (bicyclic) bond motifs is 2. The number of aliphatic hydroxyl groups is 2. The van der Waals surface area contributed by atoms with Crippen LogP contribution in [-0.2, 0) is 39.5 Å². The van der Waals surface area contributed by atoms with Crippen molar-refractivity contribution in [1.29, 1.82) is 0 Å². The Morgan fingerprint density at radius 3 is 2.46 bits per heavy atom. The molecule has 2 N–H and O–H groups in total. The summed E-state index contributed by atoms with van der Waals surface area (Å²) in [7, 11) is 0. The largest absolute Gasteiger partial charge is 0.395 e. The molecule has 50 heavy (non-hydrogen) atoms. The van der Waals surface area contributed by atoms with E-state index in [1.54, 1.807) is 30.0 Å². The number of hydrogen-bond donors (Lipinski definition) is 2. The van der Waals surface area contributed by atoms with Gasteiger partial charge in [0, 0.05) is 55.2 Å². The summed E-state index contributed by atoms with van der Waals surface area (Å²) in [4.78, 5) is 56.2. The van der Waals surface area contributed by atoms with Crippen LogP contribution >= 0.6 is 0 Å². The number of amides is 3. The fourth-order valence-corrected chi connectivity index (χ4v) is 6.75. The Kier molecular flexibility index (Phi) is 9.89. The van der Waals surface area contributed by atoms with Crippen molar-refractivity contribution < 1.29 is 29.5 Å². The molecule has 0 spiro atoms. The molecule has 0 unspecified atom stereocenters. The van der Waals surface area contributed by atoms with E-state index >= 15 is 0 Å². The molecule has 4 aromatic carbocycles. The second-order valence-corrected chi connectivity index (χ2v) is 12.6. The van der Waals surface area contributed by atoms with E-state index in [1.165, 1.54) is 28.0 Å². The molecular formula is C39H38N4O7. The minimum absolute atomic E-state index is 0.0357. The maximum Gasteiger partial charge on any atom is 0.269 e. The molecule has 0 fully saturated rings. The number of para-hydroxylation sites is 1. The van der Waals surface area contributed by atoms with Gasteiger partial charge in [-0.3, -0.25) is 29.4 Å². The number of benzene rings is 4. The van der Waals surface area contributed by atoms with Crippen LogP contribution in [0.1, 0.15) is 42.0 Å². The van der Waals surface area contributed by atoms with E-state index in [2.05, 4.69) is 0 Å². The zero-order valence-corrected chi connectivity index (χ0v) is 27.6. The molecule has 3 amide bonds. The van der Waals surface area contributed by atoms with Crippen molar-refractivity contribution in [3.8, 4) is 0 Å². The summed E-state index contributed by atoms with van der Waals surface area (Å²) in [5.41, 5.74) is 2.13. The molecule has 0 saturated heterocycles. The highest BCUT2D eigenvalue weighted by Gasteiger charge is 2.53. The maximum atomic E-state index is 14.2. The Morgan fingerprint density at radius 1 is 0.960 bits per heavy atom. The molecule has 11 heteroatoms. The molecule has 4 aromatic rings. The van der Waals surface area contributed by atoms with Gasteiger partial charge in [-0.2, -0.15) is 0 Å². The first kappa shape index (κ1) is 34.2. The van der Waals surface area contributed by atoms with Crippen LogP contribution in [-0.4, -0.2) is 50.9 Å². The van der Waals surface area contributed by atoms with E-state index in [1.807, 2.05) is 72.8 Å². The van der Waals surface area contributed by atoms with Crippen molar-refractivity contribution in [2.45, 2.75) is 44.9 Å². The molecule has 0 saturated carbocycles. The number of nitrogens with zero attached hydrogens (tertiary/aromatic N) is 4. The normalized spacial score (nSPS) is 17.5. The molecule has 0 aliphatic carbocycles. The second kappa shape index (κ2) is 14.5. The van der Waals surface area contributed by atoms with Crippen LogP contribution in [0.2, 0.25) is 0 Å². The lowest BCUT2D eigenvalue weighted by atomic mass is 9.82. The number of anilines is 3. The van der Waals surface area contributed by atoms with Crippen molar-refractivity contribution in [1.82, 2.24) is 4.90 Å². The number of carbonyl (C=O) groups is 3. The maximum absolute atomic E-state index is 14.2. The smallest absolute Gasteiger partial charge is 0.269 e. The molecule has 2 aliphatic heterocycles. The van der Waals surface area contributed by atoms with Crippen LogP contribution in [0.5, 0.6) is 0 Å². The van der Waals surface area contributed by atoms with Gasteiger partial charge in [0.1, 0.15) is 0 Å². The quantitative estimate of drug-likeness (QED) is 0.114. The number of aliphatic hydroxyl groups excluding tert-OH is 1. The Bertz CT molecular complexity index is 1960. The average molecular weight is 675 g/mol. The lowest BCUT2D eigenvalue weighted by Crippen LogP contribution is -2.44. The topological polar surface area (TPSA) is 145 Å². The third-order valence-corrected chi connectivity index (χ3v) is 9.38. The minimum Gasteiger partial charge on any atom is -0.395 e. The van der Waals surface area contributed by atoms with Crippen LogP contribution in [0, 0.1) is 16.0 Å². The summed E-state index contributed by atoms with van der Waals surface area (Å²) in [6.07, 6.45) is 4.13. The molecule has 2 heterocycles. The van der Waals surface area contributed by atoms with Gasteiger partial charge in [-0.25, -0.2) is 0 Å². The molecule has 2 aliphatic rings. The minimum atomic E-state index is -2.16. The lowest BCUT2D eigenvalue weighted by molar-refractivity contribution is -0.385. The molecule has 0 radical (unpaired) electrons. The summed E-state index contributed by atoms with van der Waals surface area (Å²) in [5.74, 6) is -1.82. The van der Waals surface area contributed by atoms with Crippen LogP contribution in [0.15, 0.2) is 109 Å². The van der Waals surface area contributed by atoms with Crippen molar-refractivity contribution in [3.05, 3.63) is 142 Å². The van der Waals surface area contributed by atoms with Gasteiger partial charge in [0.05, 0.1) is 29.4 Å². The summed E-state index contributed by atoms with van der Waals surface area (Å²) < 4.78 is 0. The summed E-state index contributed by atoms with van der Waals surface area (Å²) in [6, 6.07) is 28.4. The van der Waals surface area contributed by atoms with Crippen LogP contribution in [0.25, 0.3) is 0 Å². The monoisotopic (exact) mass is 674 g/mol. The molecule has 6 rings (SSSR count). The Hall–Kier alpha value is -5.65. The van der Waals surface area contributed by atoms with Gasteiger partial charge >= 0.3 is 0 Å². The summed E-state index contributed by atoms with van der Waals surface area (Å²) in [6.45, 7) is 1.92. The zero-order valence-electron chi connectivity index (χ0n) is 27.6. The number of non-ortho nitro benzene ring substituents is 1. The number of aryl methyl sites for hydroxylation is 1. The predicted molar refractivity (Wildman–Crippen MR) is 188 cm³/mol. The van der Waals surface area contributed by atoms with Crippen LogP contribution in [0.4, 0.5) is 22.7 Å². The van der Waals surface area contributed by atoms with Gasteiger partial charge in [-0.1, -0.05) is 79.7 Å². The average Bonchev–Trinajstić information content (AvgIpc) is 3.33. The van der Waals surface area contributed by atoms with E-state index in [9.17, 15) is 34.7 Å². The Balaban J connectivity index is 1.26. The number of rotatable bonds is 12. The van der Waals surface area contributed by atoms with Crippen molar-refractivity contribution in [2.24, 2.45) is 5.92 Å². The van der Waals surface area contributed by atoms with E-state index in [4.69, 9.17) is 0 Å². The molecule has 2 atom stereocenters. The molecule has 0 bridgehead atoms. The second-order valence-electron chi connectivity index (χ2n) is 12.6. The highest BCUT2D eigenvalue weighted by molar-refractivity contribution is 6.07. The highest BCUT2D eigenvalue weighted by Crippen LogP contribution is 2.47. The fraction of sp³-hybridized carbons (Fsp3) is 0.256. The third kappa shape index (κ3) is 6.65. The van der Waals surface area contributed by atoms with E-state index in [0.717, 1.165) is 16.8 Å². The molecule has 256 valence electrons. The van der Waals surface area contributed by atoms with Gasteiger partial charge in [0.25, 0.3) is 11.6 Å². The standard InChI is InChI=1S/C39H38N4O7/c1-27(9-7-16-36(45)40(21-22-44)25-28-10-3-2-4-11-28)39(48)33-24-32(43(49)50)18-19-35(33)41(38(39)47)26-29-12-8-14-31(23-29)42-34-15-6-5-13-30(34)17-20-37(42)46/h2-15,18-19,23-24,27,44,48H,16-17,20-22,25-26H2,1H3/b9-7+/t27-,39+/m1/s1. The summed E-state index contributed by atoms with van der Waals surface area (Å²) in [5, 5.41) is 33.4. The summed E-state index contributed by atoms with van der Waals surface area (Å²) >= 11 is 0. The van der Waals surface area contributed by atoms with Gasteiger partial charge in [-0.15, -0.1) is 0 Å². The lowest BCUT2D eigenvalue weighted by Gasteiger charge is -2.30. The van der Waals surface area contributed by atoms with Crippen molar-refractivity contribution >= 4 is 40.5 Å². The van der Waals surface area contributed by atoms with Crippen LogP contribution in [0.3, 0.4) is 0 Å². The SMILES string of the molecule is C[C@H](/C=C/CC(=O)N(CCO)Cc1ccccc1)[C@@]1(O)C(=O)N(Cc2cccc(N3C(=O)CCc4ccccc43)c2)c2ccc([N+](=O)[O-])cc21. The van der Waals surface area contributed by atoms with Crippen LogP contribution < -0.4 is 9.80 Å². The fourth-order valence-electron chi connectivity index (χ4n) is 6.75. The van der Waals surface area contributed by atoms with E-state index in [0.29, 0.717) is 36.3 Å². The van der Waals surface area contributed by atoms with Gasteiger partial charge in [0.15, 0.2) is 5.60 Å². The Morgan fingerprint density at radius 2 is 1.70 bits per heavy atom. The molecule has 11 nitrogen and oxygen atoms in total. The first-order valence-corrected chi connectivity index (χ1v) is 16.5. The molecule has 0 aromatic heterocycles. The van der Waals surface area contributed by atoms with Crippen molar-refractivity contribution in [2.75, 3.05) is 23.0 Å². The van der Waals surface area contributed by atoms with Crippen molar-refractivity contribution in [3.63, 3.8) is 0 Å². The predicted octanol–water partition coefficient (Wildman–Crippen LogP) is 5.54. The van der Waals surface area contributed by atoms with Gasteiger partial charge in [-0.05, 0) is 47.4 Å². The van der Waals surface area contributed by atoms with E-state index < -0.39 is 22.3 Å². The number of carbonyl (C=O) groups excluding carboxylic acids is 3. The van der Waals surface area contributed by atoms with Gasteiger partial charge in [0.2, 0.25) is 11.8 Å². The third-order valence-electron chi connectivity index (χ3n) is 9.38. The van der Waals surface area contributed by atoms with E-state index in [-0.39, 0.29) is 49.2 Å².